The molecule has 1 aliphatic carbocycles. The molecule has 0 N–H and O–H groups in total. The number of hydrogen-bond donors (Lipinski definition) is 0. The maximum absolute atomic E-state index is 2.51. The summed E-state index contributed by atoms with van der Waals surface area (Å²) in [6.07, 6.45) is 0. The van der Waals surface area contributed by atoms with E-state index >= 15 is 0 Å². The van der Waals surface area contributed by atoms with Gasteiger partial charge in [0.1, 0.15) is 0 Å². The molecule has 0 aliphatic heterocycles. The van der Waals surface area contributed by atoms with Crippen molar-refractivity contribution in [2.24, 2.45) is 0 Å². The fourth-order valence-electron chi connectivity index (χ4n) is 9.48. The average molecular weight is 732 g/mol. The van der Waals surface area contributed by atoms with E-state index in [9.17, 15) is 0 Å². The molecule has 264 valence electrons. The Bertz CT molecular complexity index is 3050. The maximum atomic E-state index is 2.51. The molecule has 1 heterocycles. The van der Waals surface area contributed by atoms with Crippen LogP contribution in [0.1, 0.15) is 27.8 Å². The Balaban J connectivity index is 1.25. The van der Waals surface area contributed by atoms with Crippen molar-refractivity contribution in [2.75, 3.05) is 4.90 Å². The van der Waals surface area contributed by atoms with Gasteiger partial charge in [-0.15, -0.1) is 11.3 Å². The van der Waals surface area contributed by atoms with Crippen LogP contribution in [0.25, 0.3) is 53.2 Å². The highest BCUT2D eigenvalue weighted by atomic mass is 32.1. The van der Waals surface area contributed by atoms with E-state index < -0.39 is 5.41 Å². The highest BCUT2D eigenvalue weighted by molar-refractivity contribution is 7.25. The van der Waals surface area contributed by atoms with E-state index in [-0.39, 0.29) is 0 Å². The van der Waals surface area contributed by atoms with Gasteiger partial charge < -0.3 is 4.90 Å². The molecule has 2 heteroatoms. The van der Waals surface area contributed by atoms with E-state index in [1.165, 1.54) is 81.0 Å². The number of nitrogens with zero attached hydrogens (tertiary/aromatic N) is 1. The molecule has 9 aromatic carbocycles. The SMILES string of the molecule is Cc1cccc2c1-c1ccc(N(c3ccc4sc5ccccc5c4c3)c3ccc4ccccc4c3-c3ccccc3)cc1C2(c1ccccc1)c1ccccc1. The van der Waals surface area contributed by atoms with E-state index in [0.717, 1.165) is 17.1 Å². The van der Waals surface area contributed by atoms with Crippen LogP contribution < -0.4 is 4.90 Å². The van der Waals surface area contributed by atoms with E-state index in [2.05, 4.69) is 218 Å². The number of hydrogen-bond acceptors (Lipinski definition) is 2. The van der Waals surface area contributed by atoms with Gasteiger partial charge in [-0.25, -0.2) is 0 Å². The second-order valence-electron chi connectivity index (χ2n) is 14.9. The zero-order valence-corrected chi connectivity index (χ0v) is 31.8. The van der Waals surface area contributed by atoms with Crippen LogP contribution in [0.5, 0.6) is 0 Å². The number of rotatable bonds is 6. The summed E-state index contributed by atoms with van der Waals surface area (Å²) < 4.78 is 2.60. The number of fused-ring (bicyclic) bond motifs is 7. The van der Waals surface area contributed by atoms with Crippen molar-refractivity contribution < 1.29 is 0 Å². The molecule has 0 bridgehead atoms. The third-order valence-electron chi connectivity index (χ3n) is 11.9. The van der Waals surface area contributed by atoms with Crippen LogP contribution in [-0.2, 0) is 5.41 Å². The Labute approximate surface area is 331 Å². The third-order valence-corrected chi connectivity index (χ3v) is 13.0. The molecule has 0 saturated heterocycles. The van der Waals surface area contributed by atoms with Crippen LogP contribution >= 0.6 is 11.3 Å². The first-order valence-corrected chi connectivity index (χ1v) is 20.2. The lowest BCUT2D eigenvalue weighted by molar-refractivity contribution is 0.768. The van der Waals surface area contributed by atoms with Crippen LogP contribution in [0.3, 0.4) is 0 Å². The van der Waals surface area contributed by atoms with Crippen molar-refractivity contribution >= 4 is 59.3 Å². The number of benzene rings is 9. The van der Waals surface area contributed by atoms with Crippen LogP contribution in [-0.4, -0.2) is 0 Å². The molecule has 0 unspecified atom stereocenters. The van der Waals surface area contributed by atoms with Crippen molar-refractivity contribution in [1.82, 2.24) is 0 Å². The van der Waals surface area contributed by atoms with E-state index in [1.54, 1.807) is 0 Å². The van der Waals surface area contributed by atoms with Gasteiger partial charge in [0.05, 0.1) is 11.1 Å². The largest absolute Gasteiger partial charge is 0.310 e. The quantitative estimate of drug-likeness (QED) is 0.165. The molecule has 0 fully saturated rings. The number of aryl methyl sites for hydroxylation is 1. The van der Waals surface area contributed by atoms with Crippen molar-refractivity contribution in [3.05, 3.63) is 234 Å². The third kappa shape index (κ3) is 4.86. The summed E-state index contributed by atoms with van der Waals surface area (Å²) in [5, 5.41) is 5.03. The topological polar surface area (TPSA) is 3.24 Å². The Morgan fingerprint density at radius 1 is 0.429 bits per heavy atom. The van der Waals surface area contributed by atoms with Gasteiger partial charge in [0.25, 0.3) is 0 Å². The molecule has 0 radical (unpaired) electrons. The van der Waals surface area contributed by atoms with Gasteiger partial charge in [-0.05, 0) is 105 Å². The van der Waals surface area contributed by atoms with Gasteiger partial charge in [0, 0.05) is 37.1 Å². The monoisotopic (exact) mass is 731 g/mol. The summed E-state index contributed by atoms with van der Waals surface area (Å²) in [6.45, 7) is 2.26. The Kier molecular flexibility index (Phi) is 7.55. The summed E-state index contributed by atoms with van der Waals surface area (Å²) in [5.41, 5.74) is 14.4. The summed E-state index contributed by atoms with van der Waals surface area (Å²) >= 11 is 1.86. The molecule has 1 aliphatic rings. The lowest BCUT2D eigenvalue weighted by atomic mass is 9.67. The molecule has 10 aromatic rings. The van der Waals surface area contributed by atoms with E-state index in [4.69, 9.17) is 0 Å². The fourth-order valence-corrected chi connectivity index (χ4v) is 10.6. The minimum absolute atomic E-state index is 0.514. The van der Waals surface area contributed by atoms with Crippen molar-refractivity contribution in [3.8, 4) is 22.3 Å². The molecule has 1 nitrogen and oxygen atoms in total. The zero-order chi connectivity index (χ0) is 37.2. The molecule has 0 amide bonds. The van der Waals surface area contributed by atoms with Gasteiger partial charge in [-0.1, -0.05) is 164 Å². The summed E-state index contributed by atoms with van der Waals surface area (Å²) in [4.78, 5) is 2.51. The van der Waals surface area contributed by atoms with Crippen LogP contribution in [0.4, 0.5) is 17.1 Å². The summed E-state index contributed by atoms with van der Waals surface area (Å²) in [7, 11) is 0. The number of thiophene rings is 1. The molecule has 0 atom stereocenters. The molecule has 1 aromatic heterocycles. The number of anilines is 3. The lowest BCUT2D eigenvalue weighted by Gasteiger charge is -2.35. The first-order valence-electron chi connectivity index (χ1n) is 19.3. The summed E-state index contributed by atoms with van der Waals surface area (Å²) in [6, 6.07) is 76.5. The highest BCUT2D eigenvalue weighted by Crippen LogP contribution is 2.58. The Hall–Kier alpha value is -6.74. The zero-order valence-electron chi connectivity index (χ0n) is 31.0. The Morgan fingerprint density at radius 2 is 1.05 bits per heavy atom. The molecular weight excluding hydrogens is 695 g/mol. The second kappa shape index (κ2) is 12.9. The highest BCUT2D eigenvalue weighted by Gasteiger charge is 2.47. The molecule has 11 rings (SSSR count). The predicted octanol–water partition coefficient (Wildman–Crippen LogP) is 15.0. The van der Waals surface area contributed by atoms with Crippen LogP contribution in [0, 0.1) is 6.92 Å². The Morgan fingerprint density at radius 3 is 1.82 bits per heavy atom. The average Bonchev–Trinajstić information content (AvgIpc) is 3.78. The first-order chi connectivity index (χ1) is 27.7. The minimum atomic E-state index is -0.514. The van der Waals surface area contributed by atoms with Gasteiger partial charge in [0.2, 0.25) is 0 Å². The molecule has 0 saturated carbocycles. The first kappa shape index (κ1) is 32.7. The molecular formula is C54H37NS. The van der Waals surface area contributed by atoms with Crippen LogP contribution in [0.15, 0.2) is 206 Å². The standard InChI is InChI=1S/C54H37NS/c1-36-16-15-26-47-52(36)45-31-29-42(35-48(45)54(47,39-20-7-3-8-21-39)40-22-9-4-10-23-40)55(41-30-33-51-46(34-41)44-25-13-14-27-50(44)56-51)49-32-28-37-17-11-12-24-43(37)53(49)38-18-5-2-6-19-38/h2-35H,1H3. The van der Waals surface area contributed by atoms with E-state index in [1.807, 2.05) is 11.3 Å². The van der Waals surface area contributed by atoms with Crippen molar-refractivity contribution in [1.29, 1.82) is 0 Å². The molecule has 0 spiro atoms. The van der Waals surface area contributed by atoms with Gasteiger partial charge in [-0.2, -0.15) is 0 Å². The predicted molar refractivity (Wildman–Crippen MR) is 239 cm³/mol. The molecule has 56 heavy (non-hydrogen) atoms. The second-order valence-corrected chi connectivity index (χ2v) is 16.0. The van der Waals surface area contributed by atoms with Crippen molar-refractivity contribution in [2.45, 2.75) is 12.3 Å². The normalized spacial score (nSPS) is 12.9. The lowest BCUT2D eigenvalue weighted by Crippen LogP contribution is -2.28. The van der Waals surface area contributed by atoms with Gasteiger partial charge >= 0.3 is 0 Å². The maximum Gasteiger partial charge on any atom is 0.0714 e. The van der Waals surface area contributed by atoms with Crippen molar-refractivity contribution in [3.63, 3.8) is 0 Å². The van der Waals surface area contributed by atoms with Gasteiger partial charge in [0.15, 0.2) is 0 Å². The van der Waals surface area contributed by atoms with Gasteiger partial charge in [-0.3, -0.25) is 0 Å². The fraction of sp³-hybridized carbons (Fsp3) is 0.0370. The smallest absolute Gasteiger partial charge is 0.0714 e. The van der Waals surface area contributed by atoms with E-state index in [0.29, 0.717) is 0 Å². The minimum Gasteiger partial charge on any atom is -0.310 e. The van der Waals surface area contributed by atoms with Crippen LogP contribution in [0.2, 0.25) is 0 Å². The summed E-state index contributed by atoms with van der Waals surface area (Å²) in [5.74, 6) is 0.